The molecule has 0 atom stereocenters. The van der Waals surface area contributed by atoms with Gasteiger partial charge in [-0.05, 0) is 24.5 Å². The Morgan fingerprint density at radius 2 is 1.95 bits per heavy atom. The van der Waals surface area contributed by atoms with Gasteiger partial charge in [0.15, 0.2) is 0 Å². The van der Waals surface area contributed by atoms with E-state index in [0.717, 1.165) is 19.4 Å². The van der Waals surface area contributed by atoms with Crippen molar-refractivity contribution in [1.29, 1.82) is 0 Å². The second-order valence-corrected chi connectivity index (χ2v) is 5.71. The first-order chi connectivity index (χ1) is 9.33. The van der Waals surface area contributed by atoms with E-state index in [1.807, 2.05) is 6.07 Å². The Bertz CT molecular complexity index is 540. The zero-order valence-electron chi connectivity index (χ0n) is 11.3. The molecule has 0 saturated heterocycles. The van der Waals surface area contributed by atoms with Crippen molar-refractivity contribution in [2.45, 2.75) is 44.2 Å². The lowest BCUT2D eigenvalue weighted by molar-refractivity contribution is 0.119. The Kier molecular flexibility index (Phi) is 3.58. The molecule has 1 aromatic heterocycles. The molecule has 2 aromatic rings. The summed E-state index contributed by atoms with van der Waals surface area (Å²) in [5, 5.41) is 14.6. The summed E-state index contributed by atoms with van der Waals surface area (Å²) in [5.41, 5.74) is 2.41. The first-order valence-electron chi connectivity index (χ1n) is 7.24. The zero-order valence-corrected chi connectivity index (χ0v) is 11.3. The summed E-state index contributed by atoms with van der Waals surface area (Å²) in [6, 6.07) is 8.37. The van der Waals surface area contributed by atoms with Crippen molar-refractivity contribution in [1.82, 2.24) is 10.3 Å². The maximum absolute atomic E-state index is 9.71. The van der Waals surface area contributed by atoms with E-state index in [9.17, 15) is 5.11 Å². The minimum atomic E-state index is -0.0589. The SMILES string of the molecule is OCC1(NCc2c[nH]c3ccccc23)CCCCC1. The number of aromatic nitrogens is 1. The predicted octanol–water partition coefficient (Wildman–Crippen LogP) is 2.95. The van der Waals surface area contributed by atoms with Crippen LogP contribution in [-0.4, -0.2) is 22.2 Å². The molecule has 0 amide bonds. The second kappa shape index (κ2) is 5.35. The van der Waals surface area contributed by atoms with Crippen molar-refractivity contribution in [3.05, 3.63) is 36.0 Å². The number of aliphatic hydroxyl groups excluding tert-OH is 1. The quantitative estimate of drug-likeness (QED) is 0.789. The summed E-state index contributed by atoms with van der Waals surface area (Å²) >= 11 is 0. The van der Waals surface area contributed by atoms with Gasteiger partial charge in [0, 0.05) is 29.2 Å². The van der Waals surface area contributed by atoms with E-state index in [1.165, 1.54) is 35.7 Å². The third-order valence-electron chi connectivity index (χ3n) is 4.44. The third-order valence-corrected chi connectivity index (χ3v) is 4.44. The van der Waals surface area contributed by atoms with Crippen molar-refractivity contribution in [3.8, 4) is 0 Å². The molecule has 1 saturated carbocycles. The molecule has 102 valence electrons. The van der Waals surface area contributed by atoms with Gasteiger partial charge in [-0.3, -0.25) is 0 Å². The molecule has 0 radical (unpaired) electrons. The highest BCUT2D eigenvalue weighted by Gasteiger charge is 2.30. The van der Waals surface area contributed by atoms with Crippen LogP contribution in [0.25, 0.3) is 10.9 Å². The summed E-state index contributed by atoms with van der Waals surface area (Å²) in [4.78, 5) is 3.30. The standard InChI is InChI=1S/C16H22N2O/c19-12-16(8-4-1-5-9-16)18-11-13-10-17-15-7-3-2-6-14(13)15/h2-3,6-7,10,17-19H,1,4-5,8-9,11-12H2. The molecule has 1 heterocycles. The fourth-order valence-electron chi connectivity index (χ4n) is 3.18. The minimum absolute atomic E-state index is 0.0589. The molecule has 3 rings (SSSR count). The third kappa shape index (κ3) is 2.53. The average molecular weight is 258 g/mol. The van der Waals surface area contributed by atoms with Crippen LogP contribution in [0, 0.1) is 0 Å². The predicted molar refractivity (Wildman–Crippen MR) is 78.0 cm³/mol. The highest BCUT2D eigenvalue weighted by molar-refractivity contribution is 5.82. The number of aromatic amines is 1. The van der Waals surface area contributed by atoms with Crippen LogP contribution in [0.2, 0.25) is 0 Å². The summed E-state index contributed by atoms with van der Waals surface area (Å²) in [5.74, 6) is 0. The Morgan fingerprint density at radius 3 is 2.74 bits per heavy atom. The lowest BCUT2D eigenvalue weighted by atomic mass is 9.82. The van der Waals surface area contributed by atoms with E-state index in [4.69, 9.17) is 0 Å². The fraction of sp³-hybridized carbons (Fsp3) is 0.500. The van der Waals surface area contributed by atoms with E-state index >= 15 is 0 Å². The molecule has 3 nitrogen and oxygen atoms in total. The fourth-order valence-corrected chi connectivity index (χ4v) is 3.18. The van der Waals surface area contributed by atoms with Crippen LogP contribution in [0.3, 0.4) is 0 Å². The van der Waals surface area contributed by atoms with Crippen molar-refractivity contribution in [2.24, 2.45) is 0 Å². The van der Waals surface area contributed by atoms with Crippen LogP contribution in [0.1, 0.15) is 37.7 Å². The summed E-state index contributed by atoms with van der Waals surface area (Å²) in [6.07, 6.45) is 8.00. The van der Waals surface area contributed by atoms with Gasteiger partial charge < -0.3 is 15.4 Å². The molecule has 0 spiro atoms. The van der Waals surface area contributed by atoms with Crippen molar-refractivity contribution < 1.29 is 5.11 Å². The van der Waals surface area contributed by atoms with Crippen molar-refractivity contribution in [2.75, 3.05) is 6.61 Å². The number of fused-ring (bicyclic) bond motifs is 1. The smallest absolute Gasteiger partial charge is 0.0613 e. The summed E-state index contributed by atoms with van der Waals surface area (Å²) in [6.45, 7) is 1.07. The van der Waals surface area contributed by atoms with Crippen LogP contribution >= 0.6 is 0 Å². The van der Waals surface area contributed by atoms with E-state index in [1.54, 1.807) is 0 Å². The van der Waals surface area contributed by atoms with E-state index in [2.05, 4.69) is 34.7 Å². The van der Waals surface area contributed by atoms with Gasteiger partial charge in [0.2, 0.25) is 0 Å². The van der Waals surface area contributed by atoms with Crippen molar-refractivity contribution in [3.63, 3.8) is 0 Å². The normalized spacial score (nSPS) is 18.8. The van der Waals surface area contributed by atoms with Crippen LogP contribution in [0.15, 0.2) is 30.5 Å². The highest BCUT2D eigenvalue weighted by Crippen LogP contribution is 2.28. The van der Waals surface area contributed by atoms with Crippen LogP contribution < -0.4 is 5.32 Å². The zero-order chi connectivity index (χ0) is 13.1. The monoisotopic (exact) mass is 258 g/mol. The first kappa shape index (κ1) is 12.7. The minimum Gasteiger partial charge on any atom is -0.394 e. The Morgan fingerprint density at radius 1 is 1.16 bits per heavy atom. The van der Waals surface area contributed by atoms with Gasteiger partial charge in [-0.25, -0.2) is 0 Å². The molecule has 1 aliphatic rings. The number of aliphatic hydroxyl groups is 1. The molecular formula is C16H22N2O. The van der Waals surface area contributed by atoms with Crippen molar-refractivity contribution >= 4 is 10.9 Å². The molecular weight excluding hydrogens is 236 g/mol. The van der Waals surface area contributed by atoms with Crippen LogP contribution in [-0.2, 0) is 6.54 Å². The van der Waals surface area contributed by atoms with Gasteiger partial charge in [-0.15, -0.1) is 0 Å². The number of para-hydroxylation sites is 1. The first-order valence-corrected chi connectivity index (χ1v) is 7.24. The molecule has 19 heavy (non-hydrogen) atoms. The molecule has 0 bridgehead atoms. The summed E-state index contributed by atoms with van der Waals surface area (Å²) < 4.78 is 0. The van der Waals surface area contributed by atoms with Crippen LogP contribution in [0.4, 0.5) is 0 Å². The number of hydrogen-bond donors (Lipinski definition) is 3. The van der Waals surface area contributed by atoms with E-state index in [-0.39, 0.29) is 12.1 Å². The molecule has 3 N–H and O–H groups in total. The number of benzene rings is 1. The molecule has 1 aliphatic carbocycles. The molecule has 1 fully saturated rings. The van der Waals surface area contributed by atoms with E-state index in [0.29, 0.717) is 0 Å². The van der Waals surface area contributed by atoms with Gasteiger partial charge in [0.05, 0.1) is 6.61 Å². The van der Waals surface area contributed by atoms with Gasteiger partial charge >= 0.3 is 0 Å². The van der Waals surface area contributed by atoms with Gasteiger partial charge in [0.1, 0.15) is 0 Å². The average Bonchev–Trinajstić information content (AvgIpc) is 2.89. The van der Waals surface area contributed by atoms with Gasteiger partial charge in [0.25, 0.3) is 0 Å². The highest BCUT2D eigenvalue weighted by atomic mass is 16.3. The number of H-pyrrole nitrogens is 1. The molecule has 1 aromatic carbocycles. The maximum Gasteiger partial charge on any atom is 0.0613 e. The Balaban J connectivity index is 1.74. The summed E-state index contributed by atoms with van der Waals surface area (Å²) in [7, 11) is 0. The van der Waals surface area contributed by atoms with Crippen LogP contribution in [0.5, 0.6) is 0 Å². The van der Waals surface area contributed by atoms with Gasteiger partial charge in [-0.2, -0.15) is 0 Å². The number of nitrogens with one attached hydrogen (secondary N) is 2. The molecule has 0 aliphatic heterocycles. The molecule has 0 unspecified atom stereocenters. The lowest BCUT2D eigenvalue weighted by Crippen LogP contribution is -2.49. The molecule has 3 heteroatoms. The van der Waals surface area contributed by atoms with Gasteiger partial charge in [-0.1, -0.05) is 37.5 Å². The number of rotatable bonds is 4. The van der Waals surface area contributed by atoms with E-state index < -0.39 is 0 Å². The second-order valence-electron chi connectivity index (χ2n) is 5.71. The topological polar surface area (TPSA) is 48.0 Å². The maximum atomic E-state index is 9.71. The number of hydrogen-bond acceptors (Lipinski definition) is 2. The largest absolute Gasteiger partial charge is 0.394 e. The Labute approximate surface area is 114 Å². The Hall–Kier alpha value is -1.32. The lowest BCUT2D eigenvalue weighted by Gasteiger charge is -2.36.